The maximum absolute atomic E-state index is 12.1. The molecule has 1 unspecified atom stereocenters. The van der Waals surface area contributed by atoms with Crippen molar-refractivity contribution < 1.29 is 26.7 Å². The fourth-order valence-corrected chi connectivity index (χ4v) is 0.907. The van der Waals surface area contributed by atoms with Gasteiger partial charge in [-0.25, -0.2) is 8.78 Å². The quantitative estimate of drug-likeness (QED) is 0.719. The van der Waals surface area contributed by atoms with Crippen LogP contribution in [-0.2, 0) is 0 Å². The topological polar surface area (TPSA) is 9.23 Å². The normalized spacial score (nSPS) is 14.0. The van der Waals surface area contributed by atoms with Gasteiger partial charge in [-0.3, -0.25) is 0 Å². The van der Waals surface area contributed by atoms with Gasteiger partial charge in [0.05, 0.1) is 0 Å². The second kappa shape index (κ2) is 4.46. The van der Waals surface area contributed by atoms with Crippen molar-refractivity contribution in [1.82, 2.24) is 0 Å². The molecule has 1 nitrogen and oxygen atoms in total. The molecule has 0 fully saturated rings. The predicted molar refractivity (Wildman–Crippen MR) is 42.9 cm³/mol. The predicted octanol–water partition coefficient (Wildman–Crippen LogP) is 3.26. The van der Waals surface area contributed by atoms with Gasteiger partial charge in [-0.05, 0) is 12.1 Å². The van der Waals surface area contributed by atoms with E-state index in [1.165, 1.54) is 30.3 Å². The van der Waals surface area contributed by atoms with Crippen LogP contribution in [0.3, 0.4) is 0 Å². The lowest BCUT2D eigenvalue weighted by molar-refractivity contribution is -0.227. The summed E-state index contributed by atoms with van der Waals surface area (Å²) < 4.78 is 64.4. The van der Waals surface area contributed by atoms with Gasteiger partial charge in [0, 0.05) is 0 Å². The molecule has 0 saturated heterocycles. The van der Waals surface area contributed by atoms with Crippen molar-refractivity contribution in [3.8, 4) is 5.75 Å². The Bertz CT molecular complexity index is 295. The third-order valence-electron chi connectivity index (χ3n) is 1.56. The first-order valence-corrected chi connectivity index (χ1v) is 3.98. The molecule has 0 radical (unpaired) electrons. The summed E-state index contributed by atoms with van der Waals surface area (Å²) in [5.74, 6) is -0.236. The van der Waals surface area contributed by atoms with Crippen LogP contribution in [0.15, 0.2) is 30.3 Å². The molecule has 1 aromatic rings. The Morgan fingerprint density at radius 1 is 1.00 bits per heavy atom. The number of para-hydroxylation sites is 1. The van der Waals surface area contributed by atoms with Crippen molar-refractivity contribution in [2.75, 3.05) is 0 Å². The van der Waals surface area contributed by atoms with Gasteiger partial charge in [0.1, 0.15) is 5.75 Å². The number of rotatable bonds is 3. The minimum Gasteiger partial charge on any atom is -0.475 e. The molecule has 0 heterocycles. The Morgan fingerprint density at radius 3 is 1.93 bits per heavy atom. The Labute approximate surface area is 82.5 Å². The summed E-state index contributed by atoms with van der Waals surface area (Å²) in [6.45, 7) is 0. The molecular weight excluding hydrogens is 219 g/mol. The highest BCUT2D eigenvalue weighted by atomic mass is 19.4. The molecule has 0 spiro atoms. The molecule has 0 aliphatic heterocycles. The van der Waals surface area contributed by atoms with Gasteiger partial charge in [-0.2, -0.15) is 13.2 Å². The minimum atomic E-state index is -5.08. The molecule has 6 heteroatoms. The smallest absolute Gasteiger partial charge is 0.431 e. The van der Waals surface area contributed by atoms with Crippen LogP contribution in [0.5, 0.6) is 5.75 Å². The highest BCUT2D eigenvalue weighted by Gasteiger charge is 2.48. The van der Waals surface area contributed by atoms with Crippen molar-refractivity contribution in [2.24, 2.45) is 0 Å². The second-order valence-corrected chi connectivity index (χ2v) is 2.73. The Morgan fingerprint density at radius 2 is 1.53 bits per heavy atom. The highest BCUT2D eigenvalue weighted by molar-refractivity contribution is 5.21. The molecule has 0 bridgehead atoms. The van der Waals surface area contributed by atoms with E-state index in [1.54, 1.807) is 0 Å². The Kier molecular flexibility index (Phi) is 3.49. The molecule has 0 amide bonds. The molecule has 0 N–H and O–H groups in total. The van der Waals surface area contributed by atoms with Gasteiger partial charge in [-0.15, -0.1) is 0 Å². The maximum atomic E-state index is 12.1. The lowest BCUT2D eigenvalue weighted by atomic mass is 10.3. The van der Waals surface area contributed by atoms with Gasteiger partial charge in [0.2, 0.25) is 0 Å². The number of hydrogen-bond acceptors (Lipinski definition) is 1. The summed E-state index contributed by atoms with van der Waals surface area (Å²) in [7, 11) is 0. The lowest BCUT2D eigenvalue weighted by Crippen LogP contribution is -2.40. The first-order chi connectivity index (χ1) is 6.91. The average molecular weight is 226 g/mol. The van der Waals surface area contributed by atoms with E-state index in [0.717, 1.165) is 0 Å². The lowest BCUT2D eigenvalue weighted by Gasteiger charge is -2.20. The van der Waals surface area contributed by atoms with Crippen LogP contribution < -0.4 is 4.74 Å². The zero-order valence-corrected chi connectivity index (χ0v) is 7.34. The standard InChI is InChI=1S/C9H7F5O/c10-8(11)7(9(12,13)14)15-6-4-2-1-3-5-6/h1-5,7-8H. The van der Waals surface area contributed by atoms with E-state index in [-0.39, 0.29) is 5.75 Å². The van der Waals surface area contributed by atoms with Gasteiger partial charge in [-0.1, -0.05) is 18.2 Å². The number of alkyl halides is 5. The molecule has 1 rings (SSSR count). The van der Waals surface area contributed by atoms with Gasteiger partial charge in [0.25, 0.3) is 12.5 Å². The van der Waals surface area contributed by atoms with E-state index in [2.05, 4.69) is 4.74 Å². The molecule has 0 saturated carbocycles. The van der Waals surface area contributed by atoms with E-state index in [1.807, 2.05) is 0 Å². The minimum absolute atomic E-state index is 0.236. The molecular formula is C9H7F5O. The maximum Gasteiger partial charge on any atom is 0.431 e. The summed E-state index contributed by atoms with van der Waals surface area (Å²) in [4.78, 5) is 0. The summed E-state index contributed by atoms with van der Waals surface area (Å²) in [5, 5.41) is 0. The van der Waals surface area contributed by atoms with Crippen LogP contribution in [-0.4, -0.2) is 18.7 Å². The van der Waals surface area contributed by atoms with E-state index in [4.69, 9.17) is 0 Å². The monoisotopic (exact) mass is 226 g/mol. The number of benzene rings is 1. The molecule has 84 valence electrons. The number of ether oxygens (including phenoxy) is 1. The molecule has 0 aromatic heterocycles. The van der Waals surface area contributed by atoms with Crippen LogP contribution in [0.1, 0.15) is 0 Å². The first kappa shape index (κ1) is 11.7. The summed E-state index contributed by atoms with van der Waals surface area (Å²) in [5.41, 5.74) is 0. The summed E-state index contributed by atoms with van der Waals surface area (Å²) in [6.07, 6.45) is -11.8. The molecule has 15 heavy (non-hydrogen) atoms. The largest absolute Gasteiger partial charge is 0.475 e. The van der Waals surface area contributed by atoms with Crippen molar-refractivity contribution >= 4 is 0 Å². The summed E-state index contributed by atoms with van der Waals surface area (Å²) in [6, 6.07) is 6.70. The van der Waals surface area contributed by atoms with Crippen LogP contribution in [0.4, 0.5) is 22.0 Å². The van der Waals surface area contributed by atoms with Crippen LogP contribution >= 0.6 is 0 Å². The van der Waals surface area contributed by atoms with E-state index in [9.17, 15) is 22.0 Å². The van der Waals surface area contributed by atoms with Crippen molar-refractivity contribution in [2.45, 2.75) is 18.7 Å². The van der Waals surface area contributed by atoms with E-state index >= 15 is 0 Å². The highest BCUT2D eigenvalue weighted by Crippen LogP contribution is 2.29. The van der Waals surface area contributed by atoms with E-state index in [0.29, 0.717) is 0 Å². The zero-order chi connectivity index (χ0) is 11.5. The number of hydrogen-bond donors (Lipinski definition) is 0. The molecule has 0 aliphatic carbocycles. The average Bonchev–Trinajstić information content (AvgIpc) is 2.13. The number of halogens is 5. The van der Waals surface area contributed by atoms with Crippen molar-refractivity contribution in [3.05, 3.63) is 30.3 Å². The van der Waals surface area contributed by atoms with Gasteiger partial charge in [0.15, 0.2) is 0 Å². The first-order valence-electron chi connectivity index (χ1n) is 3.98. The second-order valence-electron chi connectivity index (χ2n) is 2.73. The zero-order valence-electron chi connectivity index (χ0n) is 7.34. The van der Waals surface area contributed by atoms with Crippen LogP contribution in [0, 0.1) is 0 Å². The fourth-order valence-electron chi connectivity index (χ4n) is 0.907. The SMILES string of the molecule is FC(F)C(Oc1ccccc1)C(F)(F)F. The van der Waals surface area contributed by atoms with Crippen LogP contribution in [0.25, 0.3) is 0 Å². The summed E-state index contributed by atoms with van der Waals surface area (Å²) >= 11 is 0. The van der Waals surface area contributed by atoms with Crippen molar-refractivity contribution in [1.29, 1.82) is 0 Å². The Balaban J connectivity index is 2.77. The van der Waals surface area contributed by atoms with Crippen molar-refractivity contribution in [3.63, 3.8) is 0 Å². The van der Waals surface area contributed by atoms with Gasteiger partial charge < -0.3 is 4.74 Å². The third kappa shape index (κ3) is 3.38. The molecule has 1 atom stereocenters. The van der Waals surface area contributed by atoms with Gasteiger partial charge >= 0.3 is 6.18 Å². The molecule has 0 aliphatic rings. The third-order valence-corrected chi connectivity index (χ3v) is 1.56. The van der Waals surface area contributed by atoms with E-state index < -0.39 is 18.7 Å². The Hall–Kier alpha value is -1.33. The molecule has 1 aromatic carbocycles. The van der Waals surface area contributed by atoms with Crippen LogP contribution in [0.2, 0.25) is 0 Å². The fraction of sp³-hybridized carbons (Fsp3) is 0.333.